The summed E-state index contributed by atoms with van der Waals surface area (Å²) in [6.45, 7) is 8.23. The van der Waals surface area contributed by atoms with Gasteiger partial charge in [-0.1, -0.05) is 18.9 Å². The Morgan fingerprint density at radius 1 is 1.17 bits per heavy atom. The summed E-state index contributed by atoms with van der Waals surface area (Å²) >= 11 is 0. The van der Waals surface area contributed by atoms with Gasteiger partial charge in [0, 0.05) is 13.2 Å². The van der Waals surface area contributed by atoms with Crippen LogP contribution in [0, 0.1) is 5.92 Å². The van der Waals surface area contributed by atoms with Crippen molar-refractivity contribution in [3.8, 4) is 0 Å². The fourth-order valence-corrected chi connectivity index (χ4v) is 5.02. The molecule has 0 atom stereocenters. The van der Waals surface area contributed by atoms with Crippen LogP contribution in [-0.2, 0) is 24.3 Å². The number of ether oxygens (including phenoxy) is 2. The maximum atomic E-state index is 12.1. The molecule has 0 heterocycles. The molecule has 0 aromatic heterocycles. The molecule has 1 N–H and O–H groups in total. The average Bonchev–Trinajstić information content (AvgIpc) is 2.67. The third-order valence-corrected chi connectivity index (χ3v) is 6.71. The van der Waals surface area contributed by atoms with Gasteiger partial charge in [-0.2, -0.15) is 0 Å². The Balaban J connectivity index is 2.08. The maximum absolute atomic E-state index is 12.1. The molecule has 0 aliphatic heterocycles. The Kier molecular flexibility index (Phi) is 13.4. The van der Waals surface area contributed by atoms with Crippen LogP contribution < -0.4 is 4.72 Å². The van der Waals surface area contributed by atoms with E-state index in [1.807, 2.05) is 6.08 Å². The van der Waals surface area contributed by atoms with Gasteiger partial charge in [0.05, 0.1) is 18.5 Å². The number of rotatable bonds is 16. The number of nitrogens with one attached hydrogen (secondary N) is 1. The molecule has 1 saturated carbocycles. The lowest BCUT2D eigenvalue weighted by Crippen LogP contribution is -2.36. The maximum Gasteiger partial charge on any atom is 0.320 e. The van der Waals surface area contributed by atoms with Crippen molar-refractivity contribution < 1.29 is 22.7 Å². The van der Waals surface area contributed by atoms with Crippen molar-refractivity contribution >= 4 is 16.0 Å². The molecule has 0 radical (unpaired) electrons. The minimum absolute atomic E-state index is 0.0689. The Bertz CT molecular complexity index is 559. The van der Waals surface area contributed by atoms with Crippen molar-refractivity contribution in [2.24, 2.45) is 5.92 Å². The van der Waals surface area contributed by atoms with Crippen LogP contribution in [0.25, 0.3) is 0 Å². The largest absolute Gasteiger partial charge is 0.465 e. The van der Waals surface area contributed by atoms with Gasteiger partial charge in [-0.05, 0) is 65.0 Å². The molecular weight excluding hydrogens is 392 g/mol. The lowest BCUT2D eigenvalue weighted by molar-refractivity contribution is -0.141. The van der Waals surface area contributed by atoms with E-state index < -0.39 is 16.0 Å². The number of nitrogens with zero attached hydrogens (tertiary/aromatic N) is 1. The van der Waals surface area contributed by atoms with E-state index in [2.05, 4.69) is 23.2 Å². The van der Waals surface area contributed by atoms with Gasteiger partial charge in [-0.3, -0.25) is 4.79 Å². The predicted molar refractivity (Wildman–Crippen MR) is 116 cm³/mol. The zero-order valence-corrected chi connectivity index (χ0v) is 19.1. The SMILES string of the molecule is C=CCN(C)CCCCCCOC1CCC(CS(=O)(=O)NCC(=O)OCC)CC1. The minimum atomic E-state index is -3.45. The average molecular weight is 433 g/mol. The van der Waals surface area contributed by atoms with Crippen LogP contribution in [0.5, 0.6) is 0 Å². The molecule has 0 aromatic rings. The summed E-state index contributed by atoms with van der Waals surface area (Å²) in [6.07, 6.45) is 10.4. The van der Waals surface area contributed by atoms with Gasteiger partial charge in [0.15, 0.2) is 0 Å². The fraction of sp³-hybridized carbons (Fsp3) is 0.857. The van der Waals surface area contributed by atoms with Crippen LogP contribution in [0.4, 0.5) is 0 Å². The second kappa shape index (κ2) is 14.9. The standard InChI is InChI=1S/C21H40N2O5S/c1-4-14-23(3)15-8-6-7-9-16-28-20-12-10-19(11-13-20)18-29(25,26)22-17-21(24)27-5-2/h4,19-20,22H,1,5-18H2,2-3H3. The first-order valence-corrected chi connectivity index (χ1v) is 12.6. The van der Waals surface area contributed by atoms with Crippen LogP contribution in [-0.4, -0.2) is 71.0 Å². The van der Waals surface area contributed by atoms with Gasteiger partial charge >= 0.3 is 5.97 Å². The Labute approximate surface area is 177 Å². The number of hydrogen-bond acceptors (Lipinski definition) is 6. The summed E-state index contributed by atoms with van der Waals surface area (Å²) in [4.78, 5) is 13.6. The molecule has 0 saturated heterocycles. The number of likely N-dealkylation sites (N-methyl/N-ethyl adjacent to an activating group) is 1. The first-order valence-electron chi connectivity index (χ1n) is 10.9. The highest BCUT2D eigenvalue weighted by molar-refractivity contribution is 7.89. The summed E-state index contributed by atoms with van der Waals surface area (Å²) in [5.41, 5.74) is 0. The highest BCUT2D eigenvalue weighted by Crippen LogP contribution is 2.27. The summed E-state index contributed by atoms with van der Waals surface area (Å²) in [6, 6.07) is 0. The Morgan fingerprint density at radius 3 is 2.52 bits per heavy atom. The van der Waals surface area contributed by atoms with Crippen LogP contribution in [0.3, 0.4) is 0 Å². The van der Waals surface area contributed by atoms with E-state index in [0.29, 0.717) is 0 Å². The monoisotopic (exact) mass is 432 g/mol. The summed E-state index contributed by atoms with van der Waals surface area (Å²) in [5.74, 6) is -0.349. The Morgan fingerprint density at radius 2 is 1.86 bits per heavy atom. The lowest BCUT2D eigenvalue weighted by Gasteiger charge is -2.28. The molecule has 0 aromatic carbocycles. The predicted octanol–water partition coefficient (Wildman–Crippen LogP) is 2.72. The molecule has 0 amide bonds. The molecule has 0 bridgehead atoms. The lowest BCUT2D eigenvalue weighted by atomic mass is 9.89. The molecule has 0 unspecified atom stereocenters. The third-order valence-electron chi connectivity index (χ3n) is 5.22. The topological polar surface area (TPSA) is 84.9 Å². The van der Waals surface area contributed by atoms with E-state index in [-0.39, 0.29) is 30.9 Å². The molecule has 1 fully saturated rings. The quantitative estimate of drug-likeness (QED) is 0.229. The number of esters is 1. The molecule has 7 nitrogen and oxygen atoms in total. The van der Waals surface area contributed by atoms with E-state index in [1.54, 1.807) is 6.92 Å². The zero-order valence-electron chi connectivity index (χ0n) is 18.2. The van der Waals surface area contributed by atoms with E-state index >= 15 is 0 Å². The van der Waals surface area contributed by atoms with Crippen molar-refractivity contribution in [2.45, 2.75) is 64.4 Å². The molecule has 170 valence electrons. The highest BCUT2D eigenvalue weighted by Gasteiger charge is 2.26. The van der Waals surface area contributed by atoms with Gasteiger partial charge in [0.1, 0.15) is 6.54 Å². The number of hydrogen-bond donors (Lipinski definition) is 1. The molecule has 1 aliphatic rings. The van der Waals surface area contributed by atoms with E-state index in [0.717, 1.165) is 51.8 Å². The zero-order chi connectivity index (χ0) is 21.5. The van der Waals surface area contributed by atoms with E-state index in [1.165, 1.54) is 19.3 Å². The van der Waals surface area contributed by atoms with Crippen molar-refractivity contribution in [3.05, 3.63) is 12.7 Å². The second-order valence-corrected chi connectivity index (χ2v) is 9.74. The first kappa shape index (κ1) is 26.1. The van der Waals surface area contributed by atoms with Crippen molar-refractivity contribution in [1.29, 1.82) is 0 Å². The van der Waals surface area contributed by atoms with Crippen LogP contribution >= 0.6 is 0 Å². The molecule has 29 heavy (non-hydrogen) atoms. The normalized spacial score (nSPS) is 20.0. The van der Waals surface area contributed by atoms with Gasteiger partial charge in [-0.15, -0.1) is 6.58 Å². The minimum Gasteiger partial charge on any atom is -0.465 e. The van der Waals surface area contributed by atoms with E-state index in [9.17, 15) is 13.2 Å². The Hall–Kier alpha value is -0.960. The molecular formula is C21H40N2O5S. The van der Waals surface area contributed by atoms with Gasteiger partial charge in [0.25, 0.3) is 0 Å². The van der Waals surface area contributed by atoms with Gasteiger partial charge in [-0.25, -0.2) is 13.1 Å². The molecule has 8 heteroatoms. The van der Waals surface area contributed by atoms with Gasteiger partial charge < -0.3 is 14.4 Å². The fourth-order valence-electron chi connectivity index (χ4n) is 3.61. The van der Waals surface area contributed by atoms with Crippen molar-refractivity contribution in [1.82, 2.24) is 9.62 Å². The summed E-state index contributed by atoms with van der Waals surface area (Å²) in [7, 11) is -1.34. The number of carbonyl (C=O) groups is 1. The summed E-state index contributed by atoms with van der Waals surface area (Å²) < 4.78 is 37.3. The van der Waals surface area contributed by atoms with Crippen molar-refractivity contribution in [3.63, 3.8) is 0 Å². The number of sulfonamides is 1. The van der Waals surface area contributed by atoms with Crippen LogP contribution in [0.2, 0.25) is 0 Å². The summed E-state index contributed by atoms with van der Waals surface area (Å²) in [5, 5.41) is 0. The molecule has 1 aliphatic carbocycles. The number of unbranched alkanes of at least 4 members (excludes halogenated alkanes) is 3. The van der Waals surface area contributed by atoms with Gasteiger partial charge in [0.2, 0.25) is 10.0 Å². The first-order chi connectivity index (χ1) is 13.9. The third kappa shape index (κ3) is 13.1. The van der Waals surface area contributed by atoms with Crippen molar-refractivity contribution in [2.75, 3.05) is 45.6 Å². The molecule has 0 spiro atoms. The second-order valence-electron chi connectivity index (χ2n) is 7.89. The van der Waals surface area contributed by atoms with Crippen LogP contribution in [0.15, 0.2) is 12.7 Å². The van der Waals surface area contributed by atoms with Crippen LogP contribution in [0.1, 0.15) is 58.3 Å². The van der Waals surface area contributed by atoms with E-state index in [4.69, 9.17) is 9.47 Å². The smallest absolute Gasteiger partial charge is 0.320 e. The number of carbonyl (C=O) groups excluding carboxylic acids is 1. The molecule has 1 rings (SSSR count). The highest BCUT2D eigenvalue weighted by atomic mass is 32.2.